The van der Waals surface area contributed by atoms with Gasteiger partial charge in [0, 0.05) is 12.0 Å². The van der Waals surface area contributed by atoms with Crippen molar-refractivity contribution in [1.82, 2.24) is 0 Å². The highest BCUT2D eigenvalue weighted by atomic mass is 19.3. The van der Waals surface area contributed by atoms with Crippen LogP contribution in [-0.4, -0.2) is 24.3 Å². The zero-order valence-corrected chi connectivity index (χ0v) is 19.8. The number of Topliss-reactive ketones (excluding diaryl/α,β-unsaturated/α-hetero) is 1. The van der Waals surface area contributed by atoms with Gasteiger partial charge in [0.25, 0.3) is 5.92 Å². The van der Waals surface area contributed by atoms with Crippen LogP contribution in [0.3, 0.4) is 0 Å². The van der Waals surface area contributed by atoms with Crippen LogP contribution in [-0.2, 0) is 4.79 Å². The third-order valence-corrected chi connectivity index (χ3v) is 5.35. The molecule has 0 saturated carbocycles. The molecule has 0 aromatic heterocycles. The zero-order chi connectivity index (χ0) is 24.6. The summed E-state index contributed by atoms with van der Waals surface area (Å²) in [5.41, 5.74) is 1.58. The number of halogens is 2. The van der Waals surface area contributed by atoms with E-state index in [-0.39, 0.29) is 11.3 Å². The minimum atomic E-state index is -3.13. The molecule has 33 heavy (non-hydrogen) atoms. The maximum absolute atomic E-state index is 13.6. The van der Waals surface area contributed by atoms with E-state index in [1.54, 1.807) is 13.8 Å². The van der Waals surface area contributed by atoms with Crippen molar-refractivity contribution in [3.63, 3.8) is 0 Å². The second-order valence-corrected chi connectivity index (χ2v) is 8.97. The lowest BCUT2D eigenvalue weighted by Gasteiger charge is -2.22. The largest absolute Gasteiger partial charge is 0.493 e. The molecule has 2 rings (SSSR count). The number of ketones is 1. The van der Waals surface area contributed by atoms with Crippen LogP contribution in [0, 0.1) is 19.3 Å². The first-order valence-corrected chi connectivity index (χ1v) is 11.0. The lowest BCUT2D eigenvalue weighted by atomic mass is 9.88. The summed E-state index contributed by atoms with van der Waals surface area (Å²) in [6.07, 6.45) is 0.870. The lowest BCUT2D eigenvalue weighted by molar-refractivity contribution is -0.144. The summed E-state index contributed by atoms with van der Waals surface area (Å²) in [5, 5.41) is 0. The molecule has 0 heterocycles. The van der Waals surface area contributed by atoms with Crippen molar-refractivity contribution >= 4 is 11.8 Å². The van der Waals surface area contributed by atoms with Gasteiger partial charge >= 0.3 is 5.97 Å². The topological polar surface area (TPSA) is 52.6 Å². The van der Waals surface area contributed by atoms with E-state index in [1.807, 2.05) is 32.0 Å². The number of ether oxygens (including phenoxy) is 2. The molecule has 0 amide bonds. The van der Waals surface area contributed by atoms with Gasteiger partial charge in [-0.15, -0.1) is 6.58 Å². The molecule has 0 aliphatic heterocycles. The summed E-state index contributed by atoms with van der Waals surface area (Å²) in [6.45, 7) is 11.4. The van der Waals surface area contributed by atoms with E-state index in [0.717, 1.165) is 23.0 Å². The average molecular weight is 459 g/mol. The second kappa shape index (κ2) is 11.2. The standard InChI is InChI=1S/C27H32F2O4/c1-6-14-27(28,29)18-23(30)21-10-12-22(13-11-21)33-25(31)26(4,5)15-7-16-32-24-17-19(2)8-9-20(24)3/h6,8-13,17H,1,7,14-16,18H2,2-5H3. The van der Waals surface area contributed by atoms with Gasteiger partial charge in [0.05, 0.1) is 18.4 Å². The number of hydrogen-bond donors (Lipinski definition) is 0. The monoisotopic (exact) mass is 458 g/mol. The van der Waals surface area contributed by atoms with Crippen molar-refractivity contribution in [3.05, 3.63) is 71.8 Å². The van der Waals surface area contributed by atoms with Crippen molar-refractivity contribution in [3.8, 4) is 11.5 Å². The summed E-state index contributed by atoms with van der Waals surface area (Å²) in [7, 11) is 0. The number of carbonyl (C=O) groups is 2. The summed E-state index contributed by atoms with van der Waals surface area (Å²) >= 11 is 0. The Bertz CT molecular complexity index is 978. The van der Waals surface area contributed by atoms with Gasteiger partial charge in [-0.05, 0) is 82.0 Å². The predicted octanol–water partition coefficient (Wildman–Crippen LogP) is 6.88. The van der Waals surface area contributed by atoms with Gasteiger partial charge in [-0.2, -0.15) is 0 Å². The highest BCUT2D eigenvalue weighted by Gasteiger charge is 2.31. The first kappa shape index (κ1) is 26.2. The summed E-state index contributed by atoms with van der Waals surface area (Å²) < 4.78 is 38.6. The Hall–Kier alpha value is -3.02. The Balaban J connectivity index is 1.86. The molecule has 0 atom stereocenters. The van der Waals surface area contributed by atoms with E-state index in [0.29, 0.717) is 19.4 Å². The van der Waals surface area contributed by atoms with E-state index in [4.69, 9.17) is 9.47 Å². The average Bonchev–Trinajstić information content (AvgIpc) is 2.73. The number of esters is 1. The first-order chi connectivity index (χ1) is 15.4. The fourth-order valence-electron chi connectivity index (χ4n) is 3.24. The van der Waals surface area contributed by atoms with Gasteiger partial charge in [0.1, 0.15) is 11.5 Å². The highest BCUT2D eigenvalue weighted by Crippen LogP contribution is 2.28. The molecule has 0 spiro atoms. The molecule has 0 unspecified atom stereocenters. The maximum Gasteiger partial charge on any atom is 0.316 e. The molecule has 0 bridgehead atoms. The van der Waals surface area contributed by atoms with Gasteiger partial charge in [-0.1, -0.05) is 18.2 Å². The number of aryl methyl sites for hydroxylation is 2. The molecule has 178 valence electrons. The van der Waals surface area contributed by atoms with Crippen LogP contribution in [0.5, 0.6) is 11.5 Å². The maximum atomic E-state index is 13.6. The molecule has 2 aromatic carbocycles. The number of allylic oxidation sites excluding steroid dienone is 1. The van der Waals surface area contributed by atoms with Crippen LogP contribution in [0.1, 0.15) is 61.0 Å². The molecule has 2 aromatic rings. The Labute approximate surface area is 194 Å². The SMILES string of the molecule is C=CCC(F)(F)CC(=O)c1ccc(OC(=O)C(C)(C)CCCOc2cc(C)ccc2C)cc1. The Kier molecular flexibility index (Phi) is 8.91. The van der Waals surface area contributed by atoms with Crippen LogP contribution in [0.2, 0.25) is 0 Å². The third-order valence-electron chi connectivity index (χ3n) is 5.35. The van der Waals surface area contributed by atoms with Gasteiger partial charge < -0.3 is 9.47 Å². The van der Waals surface area contributed by atoms with E-state index in [2.05, 4.69) is 6.58 Å². The van der Waals surface area contributed by atoms with Crippen LogP contribution >= 0.6 is 0 Å². The van der Waals surface area contributed by atoms with Crippen LogP contribution < -0.4 is 9.47 Å². The fourth-order valence-corrected chi connectivity index (χ4v) is 3.24. The predicted molar refractivity (Wildman–Crippen MR) is 125 cm³/mol. The van der Waals surface area contributed by atoms with Gasteiger partial charge in [-0.3, -0.25) is 9.59 Å². The molecule has 0 aliphatic carbocycles. The molecular weight excluding hydrogens is 426 g/mol. The van der Waals surface area contributed by atoms with Gasteiger partial charge in [0.2, 0.25) is 0 Å². The van der Waals surface area contributed by atoms with Crippen molar-refractivity contribution in [2.45, 2.75) is 59.3 Å². The Morgan fingerprint density at radius 1 is 1.06 bits per heavy atom. The summed E-state index contributed by atoms with van der Waals surface area (Å²) in [4.78, 5) is 24.7. The molecule has 4 nitrogen and oxygen atoms in total. The van der Waals surface area contributed by atoms with E-state index < -0.39 is 35.9 Å². The van der Waals surface area contributed by atoms with E-state index in [9.17, 15) is 18.4 Å². The molecular formula is C27H32F2O4. The van der Waals surface area contributed by atoms with Crippen molar-refractivity contribution in [2.24, 2.45) is 5.41 Å². The van der Waals surface area contributed by atoms with Crippen molar-refractivity contribution < 1.29 is 27.8 Å². The molecule has 0 aliphatic rings. The minimum Gasteiger partial charge on any atom is -0.493 e. The molecule has 0 saturated heterocycles. The minimum absolute atomic E-state index is 0.140. The second-order valence-electron chi connectivity index (χ2n) is 8.97. The van der Waals surface area contributed by atoms with Crippen LogP contribution in [0.15, 0.2) is 55.1 Å². The lowest BCUT2D eigenvalue weighted by Crippen LogP contribution is -2.29. The molecule has 0 fully saturated rings. The normalized spacial score (nSPS) is 11.7. The fraction of sp³-hybridized carbons (Fsp3) is 0.407. The summed E-state index contributed by atoms with van der Waals surface area (Å²) in [6, 6.07) is 11.7. The number of carbonyl (C=O) groups excluding carboxylic acids is 2. The van der Waals surface area contributed by atoms with Gasteiger partial charge in [-0.25, -0.2) is 8.78 Å². The quantitative estimate of drug-likeness (QED) is 0.114. The zero-order valence-electron chi connectivity index (χ0n) is 19.8. The summed E-state index contributed by atoms with van der Waals surface area (Å²) in [5.74, 6) is -3.12. The Morgan fingerprint density at radius 2 is 1.73 bits per heavy atom. The third kappa shape index (κ3) is 8.12. The first-order valence-electron chi connectivity index (χ1n) is 11.0. The molecule has 6 heteroatoms. The highest BCUT2D eigenvalue weighted by molar-refractivity contribution is 5.96. The molecule has 0 N–H and O–H groups in total. The van der Waals surface area contributed by atoms with Crippen LogP contribution in [0.4, 0.5) is 8.78 Å². The van der Waals surface area contributed by atoms with Crippen molar-refractivity contribution in [1.29, 1.82) is 0 Å². The number of rotatable bonds is 12. The smallest absolute Gasteiger partial charge is 0.316 e. The van der Waals surface area contributed by atoms with E-state index in [1.165, 1.54) is 24.3 Å². The Morgan fingerprint density at radius 3 is 2.36 bits per heavy atom. The number of hydrogen-bond acceptors (Lipinski definition) is 4. The van der Waals surface area contributed by atoms with E-state index >= 15 is 0 Å². The van der Waals surface area contributed by atoms with Gasteiger partial charge in [0.15, 0.2) is 5.78 Å². The van der Waals surface area contributed by atoms with Crippen molar-refractivity contribution in [2.75, 3.05) is 6.61 Å². The molecule has 0 radical (unpaired) electrons. The number of alkyl halides is 2. The van der Waals surface area contributed by atoms with Crippen LogP contribution in [0.25, 0.3) is 0 Å². The number of benzene rings is 2.